The number of ether oxygens (including phenoxy) is 1. The molecule has 112 valence electrons. The van der Waals surface area contributed by atoms with E-state index in [0.29, 0.717) is 17.2 Å². The lowest BCUT2D eigenvalue weighted by atomic mass is 9.64. The van der Waals surface area contributed by atoms with Crippen LogP contribution < -0.4 is 5.32 Å². The molecule has 0 bridgehead atoms. The van der Waals surface area contributed by atoms with Crippen molar-refractivity contribution in [3.05, 3.63) is 24.3 Å². The molecule has 0 amide bonds. The van der Waals surface area contributed by atoms with Gasteiger partial charge in [0.15, 0.2) is 9.84 Å². The van der Waals surface area contributed by atoms with Crippen LogP contribution in [0, 0.1) is 5.41 Å². The van der Waals surface area contributed by atoms with E-state index in [0.717, 1.165) is 6.42 Å². The summed E-state index contributed by atoms with van der Waals surface area (Å²) >= 11 is 0. The summed E-state index contributed by atoms with van der Waals surface area (Å²) in [6.07, 6.45) is 2.37. The fourth-order valence-electron chi connectivity index (χ4n) is 2.71. The van der Waals surface area contributed by atoms with E-state index in [1.165, 1.54) is 6.26 Å². The van der Waals surface area contributed by atoms with Gasteiger partial charge in [-0.2, -0.15) is 0 Å². The van der Waals surface area contributed by atoms with Crippen molar-refractivity contribution in [3.63, 3.8) is 0 Å². The molecular weight excluding hydrogens is 274 g/mol. The molecule has 2 rings (SSSR count). The lowest BCUT2D eigenvalue weighted by Gasteiger charge is -2.52. The third-order valence-corrected chi connectivity index (χ3v) is 5.32. The molecule has 4 nitrogen and oxygen atoms in total. The average Bonchev–Trinajstić information content (AvgIpc) is 2.37. The van der Waals surface area contributed by atoms with E-state index >= 15 is 0 Å². The Morgan fingerprint density at radius 3 is 2.55 bits per heavy atom. The Hall–Kier alpha value is -1.07. The van der Waals surface area contributed by atoms with E-state index in [2.05, 4.69) is 19.2 Å². The van der Waals surface area contributed by atoms with Crippen LogP contribution in [-0.2, 0) is 14.6 Å². The number of para-hydroxylation sites is 1. The van der Waals surface area contributed by atoms with Crippen LogP contribution in [0.15, 0.2) is 29.2 Å². The molecule has 0 radical (unpaired) electrons. The molecule has 1 aromatic carbocycles. The zero-order chi connectivity index (χ0) is 15.0. The van der Waals surface area contributed by atoms with E-state index in [-0.39, 0.29) is 17.6 Å². The number of benzene rings is 1. The summed E-state index contributed by atoms with van der Waals surface area (Å²) in [7, 11) is -3.22. The van der Waals surface area contributed by atoms with Gasteiger partial charge in [0.05, 0.1) is 16.7 Å². The highest BCUT2D eigenvalue weighted by molar-refractivity contribution is 7.90. The predicted molar refractivity (Wildman–Crippen MR) is 80.8 cm³/mol. The van der Waals surface area contributed by atoms with E-state index in [1.807, 2.05) is 19.1 Å². The fraction of sp³-hybridized carbons (Fsp3) is 0.600. The first kappa shape index (κ1) is 15.3. The molecule has 1 aromatic rings. The minimum Gasteiger partial charge on any atom is -0.381 e. The largest absolute Gasteiger partial charge is 0.381 e. The lowest BCUT2D eigenvalue weighted by Crippen LogP contribution is -2.58. The molecular formula is C15H23NO3S. The van der Waals surface area contributed by atoms with Gasteiger partial charge in [0.25, 0.3) is 0 Å². The molecule has 0 saturated heterocycles. The quantitative estimate of drug-likeness (QED) is 0.908. The van der Waals surface area contributed by atoms with Crippen LogP contribution in [-0.4, -0.2) is 33.4 Å². The maximum atomic E-state index is 11.8. The molecule has 0 aromatic heterocycles. The van der Waals surface area contributed by atoms with Crippen LogP contribution in [0.4, 0.5) is 5.69 Å². The summed E-state index contributed by atoms with van der Waals surface area (Å²) in [5.74, 6) is 0. The Balaban J connectivity index is 2.17. The Morgan fingerprint density at radius 1 is 1.35 bits per heavy atom. The first-order valence-corrected chi connectivity index (χ1v) is 8.83. The van der Waals surface area contributed by atoms with Gasteiger partial charge >= 0.3 is 0 Å². The van der Waals surface area contributed by atoms with Crippen LogP contribution in [0.25, 0.3) is 0 Å². The number of sulfone groups is 1. The molecule has 20 heavy (non-hydrogen) atoms. The Morgan fingerprint density at radius 2 is 2.00 bits per heavy atom. The zero-order valence-electron chi connectivity index (χ0n) is 12.5. The van der Waals surface area contributed by atoms with Crippen molar-refractivity contribution >= 4 is 15.5 Å². The van der Waals surface area contributed by atoms with Gasteiger partial charge in [-0.15, -0.1) is 0 Å². The Kier molecular flexibility index (Phi) is 4.12. The summed E-state index contributed by atoms with van der Waals surface area (Å²) in [6.45, 7) is 7.01. The van der Waals surface area contributed by atoms with E-state index in [9.17, 15) is 8.42 Å². The summed E-state index contributed by atoms with van der Waals surface area (Å²) in [5.41, 5.74) is 0.684. The summed E-state index contributed by atoms with van der Waals surface area (Å²) < 4.78 is 29.3. The molecule has 5 heteroatoms. The third kappa shape index (κ3) is 2.83. The molecule has 1 aliphatic carbocycles. The standard InChI is InChI=1S/C15H23NO3S/c1-5-19-14-10-13(15(14,2)3)16-11-8-6-7-9-12(11)20(4,17)18/h6-9,13-14,16H,5,10H2,1-4H3. The number of rotatable bonds is 5. The van der Waals surface area contributed by atoms with Crippen molar-refractivity contribution in [2.75, 3.05) is 18.2 Å². The Labute approximate surface area is 121 Å². The summed E-state index contributed by atoms with van der Waals surface area (Å²) in [6, 6.07) is 7.28. The highest BCUT2D eigenvalue weighted by Gasteiger charge is 2.49. The highest BCUT2D eigenvalue weighted by Crippen LogP contribution is 2.44. The maximum Gasteiger partial charge on any atom is 0.177 e. The summed E-state index contributed by atoms with van der Waals surface area (Å²) in [5, 5.41) is 3.37. The topological polar surface area (TPSA) is 55.4 Å². The van der Waals surface area contributed by atoms with Gasteiger partial charge in [-0.3, -0.25) is 0 Å². The molecule has 0 spiro atoms. The molecule has 1 fully saturated rings. The minimum atomic E-state index is -3.22. The monoisotopic (exact) mass is 297 g/mol. The summed E-state index contributed by atoms with van der Waals surface area (Å²) in [4.78, 5) is 0.357. The maximum absolute atomic E-state index is 11.8. The highest BCUT2D eigenvalue weighted by atomic mass is 32.2. The first-order valence-electron chi connectivity index (χ1n) is 6.94. The van der Waals surface area contributed by atoms with Gasteiger partial charge < -0.3 is 10.1 Å². The van der Waals surface area contributed by atoms with Crippen LogP contribution in [0.5, 0.6) is 0 Å². The number of nitrogens with one attached hydrogen (secondary N) is 1. The molecule has 1 N–H and O–H groups in total. The van der Waals surface area contributed by atoms with Crippen molar-refractivity contribution in [3.8, 4) is 0 Å². The minimum absolute atomic E-state index is 0.000620. The number of anilines is 1. The van der Waals surface area contributed by atoms with Gasteiger partial charge in [-0.05, 0) is 25.5 Å². The molecule has 0 aliphatic heterocycles. The first-order chi connectivity index (χ1) is 9.26. The van der Waals surface area contributed by atoms with E-state index in [4.69, 9.17) is 4.74 Å². The molecule has 2 atom stereocenters. The number of hydrogen-bond donors (Lipinski definition) is 1. The SMILES string of the molecule is CCOC1CC(Nc2ccccc2S(C)(=O)=O)C1(C)C. The smallest absolute Gasteiger partial charge is 0.177 e. The van der Waals surface area contributed by atoms with Crippen LogP contribution in [0.2, 0.25) is 0 Å². The van der Waals surface area contributed by atoms with E-state index < -0.39 is 9.84 Å². The number of hydrogen-bond acceptors (Lipinski definition) is 4. The zero-order valence-corrected chi connectivity index (χ0v) is 13.3. The lowest BCUT2D eigenvalue weighted by molar-refractivity contribution is -0.0976. The van der Waals surface area contributed by atoms with E-state index in [1.54, 1.807) is 12.1 Å². The third-order valence-electron chi connectivity index (χ3n) is 4.16. The molecule has 0 heterocycles. The average molecular weight is 297 g/mol. The second-order valence-electron chi connectivity index (χ2n) is 5.97. The van der Waals surface area contributed by atoms with Crippen molar-refractivity contribution in [2.45, 2.75) is 44.2 Å². The Bertz CT molecular complexity index is 581. The van der Waals surface area contributed by atoms with Crippen LogP contribution in [0.1, 0.15) is 27.2 Å². The van der Waals surface area contributed by atoms with Gasteiger partial charge in [0.2, 0.25) is 0 Å². The molecule has 1 saturated carbocycles. The van der Waals surface area contributed by atoms with Gasteiger partial charge in [0, 0.05) is 24.3 Å². The van der Waals surface area contributed by atoms with Crippen molar-refractivity contribution < 1.29 is 13.2 Å². The van der Waals surface area contributed by atoms with Gasteiger partial charge in [-0.25, -0.2) is 8.42 Å². The second-order valence-corrected chi connectivity index (χ2v) is 7.95. The fourth-order valence-corrected chi connectivity index (χ4v) is 3.56. The van der Waals surface area contributed by atoms with Gasteiger partial charge in [-0.1, -0.05) is 26.0 Å². The predicted octanol–water partition coefficient (Wildman–Crippen LogP) is 2.71. The van der Waals surface area contributed by atoms with Crippen molar-refractivity contribution in [1.82, 2.24) is 0 Å². The normalized spacial score (nSPS) is 25.0. The van der Waals surface area contributed by atoms with Gasteiger partial charge in [0.1, 0.15) is 0 Å². The van der Waals surface area contributed by atoms with Crippen LogP contribution >= 0.6 is 0 Å². The van der Waals surface area contributed by atoms with Crippen molar-refractivity contribution in [1.29, 1.82) is 0 Å². The van der Waals surface area contributed by atoms with Crippen LogP contribution in [0.3, 0.4) is 0 Å². The van der Waals surface area contributed by atoms with Crippen molar-refractivity contribution in [2.24, 2.45) is 5.41 Å². The second kappa shape index (κ2) is 5.37. The molecule has 1 aliphatic rings. The molecule has 2 unspecified atom stereocenters.